The Bertz CT molecular complexity index is 1330. The number of halogens is 1. The normalized spacial score (nSPS) is 15.0. The van der Waals surface area contributed by atoms with E-state index in [0.29, 0.717) is 23.8 Å². The summed E-state index contributed by atoms with van der Waals surface area (Å²) >= 11 is 6.28. The molecule has 1 amide bonds. The van der Waals surface area contributed by atoms with Gasteiger partial charge in [0.1, 0.15) is 0 Å². The van der Waals surface area contributed by atoms with Gasteiger partial charge in [-0.1, -0.05) is 35.9 Å². The molecule has 5 rings (SSSR count). The summed E-state index contributed by atoms with van der Waals surface area (Å²) < 4.78 is 3.48. The zero-order valence-corrected chi connectivity index (χ0v) is 17.8. The SMILES string of the molecule is Cc1cn(-c2ccccc2Cl)nc1C(=O)N1CCC(n2c(=O)[nH]c3ccccc32)CC1. The fourth-order valence-corrected chi connectivity index (χ4v) is 4.57. The molecule has 0 unspecified atom stereocenters. The maximum Gasteiger partial charge on any atom is 0.326 e. The van der Waals surface area contributed by atoms with Crippen LogP contribution in [0.15, 0.2) is 59.5 Å². The summed E-state index contributed by atoms with van der Waals surface area (Å²) in [5.74, 6) is -0.0898. The Kier molecular flexibility index (Phi) is 4.90. The molecule has 31 heavy (non-hydrogen) atoms. The fraction of sp³-hybridized carbons (Fsp3) is 0.261. The molecular weight excluding hydrogens is 414 g/mol. The van der Waals surface area contributed by atoms with E-state index >= 15 is 0 Å². The smallest absolute Gasteiger partial charge is 0.326 e. The number of nitrogens with zero attached hydrogens (tertiary/aromatic N) is 4. The van der Waals surface area contributed by atoms with Crippen LogP contribution in [0.25, 0.3) is 16.7 Å². The van der Waals surface area contributed by atoms with Crippen molar-refractivity contribution in [3.8, 4) is 5.69 Å². The molecule has 4 aromatic rings. The van der Waals surface area contributed by atoms with Gasteiger partial charge in [0.05, 0.1) is 21.7 Å². The Hall–Kier alpha value is -3.32. The number of aryl methyl sites for hydroxylation is 1. The van der Waals surface area contributed by atoms with E-state index in [2.05, 4.69) is 10.1 Å². The van der Waals surface area contributed by atoms with Gasteiger partial charge < -0.3 is 9.88 Å². The first-order valence-corrected chi connectivity index (χ1v) is 10.7. The van der Waals surface area contributed by atoms with Crippen molar-refractivity contribution in [2.45, 2.75) is 25.8 Å². The zero-order valence-electron chi connectivity index (χ0n) is 17.1. The van der Waals surface area contributed by atoms with Crippen molar-refractivity contribution in [1.82, 2.24) is 24.2 Å². The molecule has 2 aromatic carbocycles. The Morgan fingerprint density at radius 1 is 1.10 bits per heavy atom. The van der Waals surface area contributed by atoms with E-state index in [1.807, 2.05) is 65.1 Å². The molecule has 0 atom stereocenters. The number of benzene rings is 2. The van der Waals surface area contributed by atoms with Gasteiger partial charge in [-0.3, -0.25) is 9.36 Å². The number of fused-ring (bicyclic) bond motifs is 1. The molecular formula is C23H22ClN5O2. The van der Waals surface area contributed by atoms with E-state index < -0.39 is 0 Å². The van der Waals surface area contributed by atoms with E-state index in [4.69, 9.17) is 11.6 Å². The molecule has 7 nitrogen and oxygen atoms in total. The number of amides is 1. The number of aromatic amines is 1. The maximum absolute atomic E-state index is 13.2. The number of piperidine rings is 1. The Balaban J connectivity index is 1.34. The Labute approximate surface area is 183 Å². The lowest BCUT2D eigenvalue weighted by Gasteiger charge is -2.32. The largest absolute Gasteiger partial charge is 0.337 e. The minimum Gasteiger partial charge on any atom is -0.337 e. The number of carbonyl (C=O) groups is 1. The highest BCUT2D eigenvalue weighted by atomic mass is 35.5. The molecule has 0 spiro atoms. The second-order valence-electron chi connectivity index (χ2n) is 7.90. The number of likely N-dealkylation sites (tertiary alicyclic amines) is 1. The van der Waals surface area contributed by atoms with Crippen LogP contribution in [0.3, 0.4) is 0 Å². The first kappa shape index (κ1) is 19.6. The summed E-state index contributed by atoms with van der Waals surface area (Å²) in [5, 5.41) is 5.10. The quantitative estimate of drug-likeness (QED) is 0.529. The minimum atomic E-state index is -0.0969. The third-order valence-corrected chi connectivity index (χ3v) is 6.26. The number of H-pyrrole nitrogens is 1. The highest BCUT2D eigenvalue weighted by Crippen LogP contribution is 2.26. The van der Waals surface area contributed by atoms with Gasteiger partial charge in [-0.15, -0.1) is 0 Å². The van der Waals surface area contributed by atoms with Crippen LogP contribution in [0.5, 0.6) is 0 Å². The van der Waals surface area contributed by atoms with Crippen molar-refractivity contribution < 1.29 is 4.79 Å². The van der Waals surface area contributed by atoms with Gasteiger partial charge in [-0.25, -0.2) is 9.48 Å². The second kappa shape index (κ2) is 7.74. The summed E-state index contributed by atoms with van der Waals surface area (Å²) in [6, 6.07) is 15.2. The van der Waals surface area contributed by atoms with Crippen LogP contribution in [-0.4, -0.2) is 43.2 Å². The molecule has 2 aromatic heterocycles. The van der Waals surface area contributed by atoms with Gasteiger partial charge in [-0.2, -0.15) is 5.10 Å². The highest BCUT2D eigenvalue weighted by molar-refractivity contribution is 6.32. The molecule has 0 bridgehead atoms. The molecule has 0 radical (unpaired) electrons. The molecule has 1 fully saturated rings. The summed E-state index contributed by atoms with van der Waals surface area (Å²) in [7, 11) is 0. The number of aromatic nitrogens is 4. The van der Waals surface area contributed by atoms with Gasteiger partial charge in [0.25, 0.3) is 5.91 Å². The van der Waals surface area contributed by atoms with Crippen LogP contribution < -0.4 is 5.69 Å². The van der Waals surface area contributed by atoms with E-state index in [1.165, 1.54) is 0 Å². The molecule has 8 heteroatoms. The van der Waals surface area contributed by atoms with Gasteiger partial charge in [-0.05, 0) is 44.0 Å². The molecule has 1 aliphatic rings. The van der Waals surface area contributed by atoms with E-state index in [-0.39, 0.29) is 17.6 Å². The van der Waals surface area contributed by atoms with Crippen LogP contribution in [-0.2, 0) is 0 Å². The van der Waals surface area contributed by atoms with Crippen molar-refractivity contribution in [2.75, 3.05) is 13.1 Å². The molecule has 1 saturated heterocycles. The molecule has 1 aliphatic heterocycles. The average molecular weight is 436 g/mol. The lowest BCUT2D eigenvalue weighted by Crippen LogP contribution is -2.40. The third-order valence-electron chi connectivity index (χ3n) is 5.94. The standard InChI is InChI=1S/C23H22ClN5O2/c1-15-14-28(19-8-4-2-6-17(19)24)26-21(15)22(30)27-12-10-16(11-13-27)29-20-9-5-3-7-18(20)25-23(29)31/h2-9,14,16H,10-13H2,1H3,(H,25,31). The molecule has 158 valence electrons. The lowest BCUT2D eigenvalue weighted by atomic mass is 10.0. The van der Waals surface area contributed by atoms with E-state index in [0.717, 1.165) is 35.1 Å². The number of hydrogen-bond acceptors (Lipinski definition) is 3. The van der Waals surface area contributed by atoms with Gasteiger partial charge >= 0.3 is 5.69 Å². The molecule has 1 N–H and O–H groups in total. The average Bonchev–Trinajstić information content (AvgIpc) is 3.32. The molecule has 3 heterocycles. The fourth-order valence-electron chi connectivity index (χ4n) is 4.35. The number of carbonyl (C=O) groups excluding carboxylic acids is 1. The maximum atomic E-state index is 13.2. The number of hydrogen-bond donors (Lipinski definition) is 1. The predicted molar refractivity (Wildman–Crippen MR) is 120 cm³/mol. The second-order valence-corrected chi connectivity index (χ2v) is 8.30. The van der Waals surface area contributed by atoms with Crippen LogP contribution in [0.2, 0.25) is 5.02 Å². The Morgan fingerprint density at radius 2 is 1.81 bits per heavy atom. The minimum absolute atomic E-state index is 0.0643. The molecule has 0 saturated carbocycles. The number of rotatable bonds is 3. The number of nitrogens with one attached hydrogen (secondary N) is 1. The first-order chi connectivity index (χ1) is 15.0. The molecule has 0 aliphatic carbocycles. The van der Waals surface area contributed by atoms with Crippen molar-refractivity contribution in [3.05, 3.63) is 81.5 Å². The lowest BCUT2D eigenvalue weighted by molar-refractivity contribution is 0.0688. The van der Waals surface area contributed by atoms with Gasteiger partial charge in [0.15, 0.2) is 5.69 Å². The van der Waals surface area contributed by atoms with Crippen molar-refractivity contribution >= 4 is 28.5 Å². The number of para-hydroxylation sites is 3. The van der Waals surface area contributed by atoms with Crippen LogP contribution in [0.1, 0.15) is 34.9 Å². The van der Waals surface area contributed by atoms with Gasteiger partial charge in [0.2, 0.25) is 0 Å². The van der Waals surface area contributed by atoms with Crippen molar-refractivity contribution in [2.24, 2.45) is 0 Å². The Morgan fingerprint density at radius 3 is 2.58 bits per heavy atom. The van der Waals surface area contributed by atoms with Crippen molar-refractivity contribution in [3.63, 3.8) is 0 Å². The van der Waals surface area contributed by atoms with Gasteiger partial charge in [0, 0.05) is 30.9 Å². The topological polar surface area (TPSA) is 75.9 Å². The van der Waals surface area contributed by atoms with Crippen molar-refractivity contribution in [1.29, 1.82) is 0 Å². The summed E-state index contributed by atoms with van der Waals surface area (Å²) in [4.78, 5) is 30.4. The monoisotopic (exact) mass is 435 g/mol. The highest BCUT2D eigenvalue weighted by Gasteiger charge is 2.28. The zero-order chi connectivity index (χ0) is 21.5. The van der Waals surface area contributed by atoms with E-state index in [9.17, 15) is 9.59 Å². The third kappa shape index (κ3) is 3.45. The summed E-state index contributed by atoms with van der Waals surface area (Å²) in [6.07, 6.45) is 3.27. The van der Waals surface area contributed by atoms with Crippen LogP contribution >= 0.6 is 11.6 Å². The van der Waals surface area contributed by atoms with Crippen LogP contribution in [0, 0.1) is 6.92 Å². The summed E-state index contributed by atoms with van der Waals surface area (Å²) in [5.41, 5.74) is 3.63. The first-order valence-electron chi connectivity index (χ1n) is 10.3. The predicted octanol–water partition coefficient (Wildman–Crippen LogP) is 3.95. The summed E-state index contributed by atoms with van der Waals surface area (Å²) in [6.45, 7) is 3.04. The van der Waals surface area contributed by atoms with E-state index in [1.54, 1.807) is 10.7 Å². The van der Waals surface area contributed by atoms with Crippen LogP contribution in [0.4, 0.5) is 0 Å². The number of imidazole rings is 1.